The minimum absolute atomic E-state index is 0.0392. The molecule has 5 heteroatoms. The molecule has 1 saturated heterocycles. The van der Waals surface area contributed by atoms with Crippen LogP contribution < -0.4 is 11.1 Å². The first kappa shape index (κ1) is 11.0. The van der Waals surface area contributed by atoms with Crippen LogP contribution in [0.4, 0.5) is 0 Å². The van der Waals surface area contributed by atoms with Crippen molar-refractivity contribution in [3.8, 4) is 0 Å². The van der Waals surface area contributed by atoms with E-state index in [4.69, 9.17) is 10.5 Å². The summed E-state index contributed by atoms with van der Waals surface area (Å²) in [6.45, 7) is 1.45. The van der Waals surface area contributed by atoms with E-state index in [9.17, 15) is 4.79 Å². The SMILES string of the molecule is NC1(CC(=O)NCc2ccncc2)COC1. The summed E-state index contributed by atoms with van der Waals surface area (Å²) < 4.78 is 4.99. The molecular weight excluding hydrogens is 206 g/mol. The van der Waals surface area contributed by atoms with Crippen molar-refractivity contribution in [1.29, 1.82) is 0 Å². The molecule has 1 aliphatic rings. The molecule has 0 aromatic carbocycles. The fourth-order valence-electron chi connectivity index (χ4n) is 1.55. The maximum atomic E-state index is 11.6. The molecule has 1 fully saturated rings. The summed E-state index contributed by atoms with van der Waals surface area (Å²) in [6.07, 6.45) is 3.72. The number of amides is 1. The third kappa shape index (κ3) is 2.77. The number of rotatable bonds is 4. The maximum absolute atomic E-state index is 11.6. The molecule has 3 N–H and O–H groups in total. The van der Waals surface area contributed by atoms with Crippen LogP contribution in [-0.4, -0.2) is 29.6 Å². The van der Waals surface area contributed by atoms with Crippen LogP contribution in [0, 0.1) is 0 Å². The Bertz CT molecular complexity index is 363. The lowest BCUT2D eigenvalue weighted by Gasteiger charge is -2.37. The molecule has 1 aromatic heterocycles. The van der Waals surface area contributed by atoms with Crippen LogP contribution in [0.1, 0.15) is 12.0 Å². The van der Waals surface area contributed by atoms with E-state index in [0.29, 0.717) is 26.2 Å². The van der Waals surface area contributed by atoms with Gasteiger partial charge in [-0.25, -0.2) is 0 Å². The van der Waals surface area contributed by atoms with Crippen LogP contribution in [-0.2, 0) is 16.1 Å². The van der Waals surface area contributed by atoms with Crippen molar-refractivity contribution in [3.05, 3.63) is 30.1 Å². The molecule has 1 aliphatic heterocycles. The summed E-state index contributed by atoms with van der Waals surface area (Å²) in [5.74, 6) is -0.0392. The van der Waals surface area contributed by atoms with E-state index in [-0.39, 0.29) is 5.91 Å². The first-order valence-corrected chi connectivity index (χ1v) is 5.20. The number of carbonyl (C=O) groups is 1. The molecule has 0 unspecified atom stereocenters. The molecule has 0 atom stereocenters. The van der Waals surface area contributed by atoms with Gasteiger partial charge in [0.2, 0.25) is 5.91 Å². The van der Waals surface area contributed by atoms with Crippen molar-refractivity contribution >= 4 is 5.91 Å². The van der Waals surface area contributed by atoms with E-state index in [1.54, 1.807) is 12.4 Å². The zero-order chi connectivity index (χ0) is 11.4. The van der Waals surface area contributed by atoms with Gasteiger partial charge in [-0.15, -0.1) is 0 Å². The summed E-state index contributed by atoms with van der Waals surface area (Å²) in [5.41, 5.74) is 6.45. The fourth-order valence-corrected chi connectivity index (χ4v) is 1.55. The Balaban J connectivity index is 1.76. The summed E-state index contributed by atoms with van der Waals surface area (Å²) in [4.78, 5) is 15.5. The third-order valence-corrected chi connectivity index (χ3v) is 2.53. The van der Waals surface area contributed by atoms with Crippen LogP contribution in [0.15, 0.2) is 24.5 Å². The minimum atomic E-state index is -0.456. The molecule has 2 heterocycles. The van der Waals surface area contributed by atoms with Crippen molar-refractivity contribution in [1.82, 2.24) is 10.3 Å². The van der Waals surface area contributed by atoms with Gasteiger partial charge >= 0.3 is 0 Å². The van der Waals surface area contributed by atoms with Crippen LogP contribution in [0.3, 0.4) is 0 Å². The van der Waals surface area contributed by atoms with E-state index in [0.717, 1.165) is 5.56 Å². The van der Waals surface area contributed by atoms with Gasteiger partial charge in [0.25, 0.3) is 0 Å². The Kier molecular flexibility index (Phi) is 3.17. The largest absolute Gasteiger partial charge is 0.377 e. The lowest BCUT2D eigenvalue weighted by atomic mass is 9.94. The molecule has 0 radical (unpaired) electrons. The van der Waals surface area contributed by atoms with Crippen LogP contribution in [0.2, 0.25) is 0 Å². The second-order valence-corrected chi connectivity index (χ2v) is 4.16. The number of nitrogens with one attached hydrogen (secondary N) is 1. The van der Waals surface area contributed by atoms with E-state index in [1.807, 2.05) is 12.1 Å². The minimum Gasteiger partial charge on any atom is -0.377 e. The van der Waals surface area contributed by atoms with Crippen molar-refractivity contribution in [2.24, 2.45) is 5.73 Å². The average Bonchev–Trinajstić information content (AvgIpc) is 2.26. The number of ether oxygens (including phenoxy) is 1. The molecule has 1 amide bonds. The molecule has 0 aliphatic carbocycles. The van der Waals surface area contributed by atoms with Crippen molar-refractivity contribution < 1.29 is 9.53 Å². The van der Waals surface area contributed by atoms with Gasteiger partial charge in [0.05, 0.1) is 18.8 Å². The first-order valence-electron chi connectivity index (χ1n) is 5.20. The van der Waals surface area contributed by atoms with Gasteiger partial charge in [-0.1, -0.05) is 0 Å². The quantitative estimate of drug-likeness (QED) is 0.739. The highest BCUT2D eigenvalue weighted by molar-refractivity contribution is 5.77. The van der Waals surface area contributed by atoms with Gasteiger partial charge < -0.3 is 15.8 Å². The van der Waals surface area contributed by atoms with Crippen LogP contribution in [0.5, 0.6) is 0 Å². The number of nitrogens with two attached hydrogens (primary N) is 1. The second-order valence-electron chi connectivity index (χ2n) is 4.16. The number of aromatic nitrogens is 1. The highest BCUT2D eigenvalue weighted by Gasteiger charge is 2.36. The van der Waals surface area contributed by atoms with Crippen molar-refractivity contribution in [2.45, 2.75) is 18.5 Å². The molecular formula is C11H15N3O2. The lowest BCUT2D eigenvalue weighted by Crippen LogP contribution is -2.59. The molecule has 0 saturated carbocycles. The summed E-state index contributed by atoms with van der Waals surface area (Å²) in [5, 5.41) is 2.82. The third-order valence-electron chi connectivity index (χ3n) is 2.53. The number of carbonyl (C=O) groups excluding carboxylic acids is 1. The topological polar surface area (TPSA) is 77.2 Å². The molecule has 16 heavy (non-hydrogen) atoms. The Morgan fingerprint density at radius 3 is 2.75 bits per heavy atom. The van der Waals surface area contributed by atoms with Gasteiger partial charge in [0, 0.05) is 25.4 Å². The predicted octanol–water partition coefficient (Wildman–Crippen LogP) is -0.184. The van der Waals surface area contributed by atoms with E-state index in [2.05, 4.69) is 10.3 Å². The second kappa shape index (κ2) is 4.59. The molecule has 0 bridgehead atoms. The molecule has 86 valence electrons. The molecule has 5 nitrogen and oxygen atoms in total. The first-order chi connectivity index (χ1) is 7.68. The van der Waals surface area contributed by atoms with Gasteiger partial charge in [0.15, 0.2) is 0 Å². The van der Waals surface area contributed by atoms with Gasteiger partial charge in [0.1, 0.15) is 0 Å². The van der Waals surface area contributed by atoms with E-state index >= 15 is 0 Å². The van der Waals surface area contributed by atoms with Crippen molar-refractivity contribution in [2.75, 3.05) is 13.2 Å². The highest BCUT2D eigenvalue weighted by Crippen LogP contribution is 2.17. The smallest absolute Gasteiger partial charge is 0.222 e. The Hall–Kier alpha value is -1.46. The summed E-state index contributed by atoms with van der Waals surface area (Å²) in [6, 6.07) is 3.73. The predicted molar refractivity (Wildman–Crippen MR) is 58.4 cm³/mol. The Morgan fingerprint density at radius 1 is 1.50 bits per heavy atom. The Morgan fingerprint density at radius 2 is 2.19 bits per heavy atom. The zero-order valence-corrected chi connectivity index (χ0v) is 8.98. The number of hydrogen-bond acceptors (Lipinski definition) is 4. The van der Waals surface area contributed by atoms with E-state index in [1.165, 1.54) is 0 Å². The molecule has 1 aromatic rings. The number of pyridine rings is 1. The summed E-state index contributed by atoms with van der Waals surface area (Å²) >= 11 is 0. The molecule has 2 rings (SSSR count). The number of nitrogens with zero attached hydrogens (tertiary/aromatic N) is 1. The highest BCUT2D eigenvalue weighted by atomic mass is 16.5. The van der Waals surface area contributed by atoms with Gasteiger partial charge in [-0.3, -0.25) is 9.78 Å². The monoisotopic (exact) mass is 221 g/mol. The van der Waals surface area contributed by atoms with Crippen LogP contribution in [0.25, 0.3) is 0 Å². The average molecular weight is 221 g/mol. The van der Waals surface area contributed by atoms with E-state index < -0.39 is 5.54 Å². The van der Waals surface area contributed by atoms with Crippen molar-refractivity contribution in [3.63, 3.8) is 0 Å². The standard InChI is InChI=1S/C11H15N3O2/c12-11(7-16-8-11)5-10(15)14-6-9-1-3-13-4-2-9/h1-4H,5-8,12H2,(H,14,15). The van der Waals surface area contributed by atoms with Crippen LogP contribution >= 0.6 is 0 Å². The maximum Gasteiger partial charge on any atom is 0.222 e. The normalized spacial score (nSPS) is 17.6. The lowest BCUT2D eigenvalue weighted by molar-refractivity contribution is -0.128. The Labute approximate surface area is 94.0 Å². The van der Waals surface area contributed by atoms with Gasteiger partial charge in [-0.2, -0.15) is 0 Å². The summed E-state index contributed by atoms with van der Waals surface area (Å²) in [7, 11) is 0. The molecule has 0 spiro atoms. The fraction of sp³-hybridized carbons (Fsp3) is 0.455. The van der Waals surface area contributed by atoms with Gasteiger partial charge in [-0.05, 0) is 17.7 Å². The zero-order valence-electron chi connectivity index (χ0n) is 8.98. The number of hydrogen-bond donors (Lipinski definition) is 2.